The highest BCUT2D eigenvalue weighted by Gasteiger charge is 2.26. The van der Waals surface area contributed by atoms with Crippen molar-refractivity contribution in [3.05, 3.63) is 0 Å². The minimum absolute atomic E-state index is 0.516. The number of hydrogen-bond acceptors (Lipinski definition) is 0. The highest BCUT2D eigenvalue weighted by atomic mass is 127. The van der Waals surface area contributed by atoms with Gasteiger partial charge in [-0.25, -0.2) is 0 Å². The molecule has 0 radical (unpaired) electrons. The fraction of sp³-hybridized carbons (Fsp3) is 1.00. The van der Waals surface area contributed by atoms with E-state index in [1.165, 1.54) is 19.3 Å². The summed E-state index contributed by atoms with van der Waals surface area (Å²) in [5.41, 5.74) is 0. The van der Waals surface area contributed by atoms with Gasteiger partial charge in [-0.1, -0.05) is 65.5 Å². The second-order valence-electron chi connectivity index (χ2n) is 2.90. The molecule has 0 N–H and O–H groups in total. The largest absolute Gasteiger partial charge is 0.0812 e. The maximum absolute atomic E-state index is 2.59. The summed E-state index contributed by atoms with van der Waals surface area (Å²) in [4.78, 5) is 0. The number of alkyl halides is 2. The predicted octanol–water partition coefficient (Wildman–Crippen LogP) is 4.19. The molecule has 0 aromatic heterocycles. The van der Waals surface area contributed by atoms with E-state index in [4.69, 9.17) is 0 Å². The zero-order chi connectivity index (χ0) is 8.20. The van der Waals surface area contributed by atoms with Crippen molar-refractivity contribution in [1.82, 2.24) is 0 Å². The Morgan fingerprint density at radius 2 is 1.90 bits per heavy atom. The van der Waals surface area contributed by atoms with Crippen LogP contribution in [0.15, 0.2) is 0 Å². The molecule has 0 aliphatic carbocycles. The van der Waals surface area contributed by atoms with Gasteiger partial charge < -0.3 is 0 Å². The van der Waals surface area contributed by atoms with Crippen molar-refractivity contribution >= 4 is 45.2 Å². The lowest BCUT2D eigenvalue weighted by Gasteiger charge is -2.27. The monoisotopic (exact) mass is 366 g/mol. The molecule has 2 unspecified atom stereocenters. The first-order chi connectivity index (χ1) is 4.54. The molecular weight excluding hydrogens is 350 g/mol. The maximum atomic E-state index is 2.59. The number of hydrogen-bond donors (Lipinski definition) is 0. The van der Waals surface area contributed by atoms with E-state index in [1.54, 1.807) is 0 Å². The van der Waals surface area contributed by atoms with Crippen molar-refractivity contribution in [3.63, 3.8) is 0 Å². The third-order valence-corrected chi connectivity index (χ3v) is 6.49. The Balaban J connectivity index is 3.82. The molecule has 10 heavy (non-hydrogen) atoms. The summed E-state index contributed by atoms with van der Waals surface area (Å²) in [7, 11) is 0. The highest BCUT2D eigenvalue weighted by Crippen LogP contribution is 2.34. The molecule has 0 spiro atoms. The van der Waals surface area contributed by atoms with Crippen LogP contribution in [0.25, 0.3) is 0 Å². The van der Waals surface area contributed by atoms with Crippen molar-refractivity contribution in [2.45, 2.75) is 47.4 Å². The molecule has 0 fully saturated rings. The molecule has 2 atom stereocenters. The van der Waals surface area contributed by atoms with Gasteiger partial charge in [0.1, 0.15) is 0 Å². The van der Waals surface area contributed by atoms with Crippen LogP contribution >= 0.6 is 45.2 Å². The Bertz CT molecular complexity index is 89.3. The number of rotatable bonds is 4. The normalized spacial score (nSPS) is 20.1. The smallest absolute Gasteiger partial charge is 0.0311 e. The van der Waals surface area contributed by atoms with Gasteiger partial charge in [0.05, 0.1) is 0 Å². The first-order valence-electron chi connectivity index (χ1n) is 3.87. The summed E-state index contributed by atoms with van der Waals surface area (Å²) in [6.07, 6.45) is 3.94. The summed E-state index contributed by atoms with van der Waals surface area (Å²) in [6, 6.07) is 0. The standard InChI is InChI=1S/C8H16I2/c1-4-6-8(3,10)7(9)5-2/h7H,4-6H2,1-3H3. The number of halogens is 2. The third-order valence-electron chi connectivity index (χ3n) is 1.75. The van der Waals surface area contributed by atoms with Gasteiger partial charge in [0, 0.05) is 7.35 Å². The molecule has 0 nitrogen and oxygen atoms in total. The van der Waals surface area contributed by atoms with Crippen LogP contribution < -0.4 is 0 Å². The van der Waals surface area contributed by atoms with E-state index in [1.807, 2.05) is 0 Å². The summed E-state index contributed by atoms with van der Waals surface area (Å²) in [5.74, 6) is 0. The van der Waals surface area contributed by atoms with Crippen molar-refractivity contribution in [1.29, 1.82) is 0 Å². The van der Waals surface area contributed by atoms with Crippen LogP contribution in [0.4, 0.5) is 0 Å². The molecule has 62 valence electrons. The van der Waals surface area contributed by atoms with Crippen molar-refractivity contribution in [3.8, 4) is 0 Å². The van der Waals surface area contributed by atoms with E-state index in [-0.39, 0.29) is 0 Å². The Hall–Kier alpha value is 1.46. The summed E-state index contributed by atoms with van der Waals surface area (Å²) in [5, 5.41) is 0. The molecule has 0 saturated heterocycles. The SMILES string of the molecule is CCCC(C)(I)C(I)CC. The van der Waals surface area contributed by atoms with Crippen LogP contribution in [0.1, 0.15) is 40.0 Å². The molecule has 2 heteroatoms. The Morgan fingerprint density at radius 1 is 1.40 bits per heavy atom. The van der Waals surface area contributed by atoms with Crippen LogP contribution in [0.5, 0.6) is 0 Å². The van der Waals surface area contributed by atoms with Crippen LogP contribution in [0, 0.1) is 0 Å². The predicted molar refractivity (Wildman–Crippen MR) is 65.4 cm³/mol. The molecule has 0 aliphatic heterocycles. The van der Waals surface area contributed by atoms with Gasteiger partial charge in [-0.2, -0.15) is 0 Å². The molecule has 0 bridgehead atoms. The van der Waals surface area contributed by atoms with E-state index in [9.17, 15) is 0 Å². The lowest BCUT2D eigenvalue weighted by Crippen LogP contribution is -2.26. The van der Waals surface area contributed by atoms with Crippen LogP contribution in [-0.2, 0) is 0 Å². The molecule has 0 rings (SSSR count). The highest BCUT2D eigenvalue weighted by molar-refractivity contribution is 14.1. The van der Waals surface area contributed by atoms with E-state index in [0.717, 1.165) is 3.92 Å². The topological polar surface area (TPSA) is 0 Å². The zero-order valence-corrected chi connectivity index (χ0v) is 11.3. The van der Waals surface area contributed by atoms with E-state index in [2.05, 4.69) is 66.0 Å². The van der Waals surface area contributed by atoms with Crippen LogP contribution in [-0.4, -0.2) is 7.35 Å². The lowest BCUT2D eigenvalue weighted by molar-refractivity contribution is 0.580. The molecule has 0 amide bonds. The van der Waals surface area contributed by atoms with Gasteiger partial charge in [-0.3, -0.25) is 0 Å². The van der Waals surface area contributed by atoms with Gasteiger partial charge in [0.15, 0.2) is 0 Å². The van der Waals surface area contributed by atoms with Crippen molar-refractivity contribution in [2.24, 2.45) is 0 Å². The van der Waals surface area contributed by atoms with E-state index < -0.39 is 0 Å². The third kappa shape index (κ3) is 3.74. The minimum atomic E-state index is 0.516. The molecular formula is C8H16I2. The van der Waals surface area contributed by atoms with Gasteiger partial charge in [-0.05, 0) is 19.8 Å². The van der Waals surface area contributed by atoms with Gasteiger partial charge in [0.2, 0.25) is 0 Å². The second-order valence-corrected chi connectivity index (χ2v) is 6.87. The molecule has 0 aromatic rings. The minimum Gasteiger partial charge on any atom is -0.0812 e. The molecule has 0 saturated carbocycles. The van der Waals surface area contributed by atoms with E-state index >= 15 is 0 Å². The lowest BCUT2D eigenvalue weighted by atomic mass is 10.0. The van der Waals surface area contributed by atoms with Gasteiger partial charge in [-0.15, -0.1) is 0 Å². The first-order valence-corrected chi connectivity index (χ1v) is 6.20. The summed E-state index contributed by atoms with van der Waals surface area (Å²) < 4.78 is 1.34. The van der Waals surface area contributed by atoms with Gasteiger partial charge >= 0.3 is 0 Å². The average Bonchev–Trinajstić information content (AvgIpc) is 1.86. The first kappa shape index (κ1) is 11.5. The van der Waals surface area contributed by atoms with Crippen molar-refractivity contribution < 1.29 is 0 Å². The fourth-order valence-corrected chi connectivity index (χ4v) is 2.36. The Kier molecular flexibility index (Phi) is 5.92. The molecule has 0 heterocycles. The van der Waals surface area contributed by atoms with Gasteiger partial charge in [0.25, 0.3) is 0 Å². The Labute approximate surface area is 91.8 Å². The second kappa shape index (κ2) is 5.17. The van der Waals surface area contributed by atoms with E-state index in [0.29, 0.717) is 3.42 Å². The zero-order valence-electron chi connectivity index (χ0n) is 6.95. The maximum Gasteiger partial charge on any atom is 0.0311 e. The molecule has 0 aromatic carbocycles. The summed E-state index contributed by atoms with van der Waals surface area (Å²) in [6.45, 7) is 6.89. The van der Waals surface area contributed by atoms with Crippen molar-refractivity contribution in [2.75, 3.05) is 0 Å². The Morgan fingerprint density at radius 3 is 2.20 bits per heavy atom. The summed E-state index contributed by atoms with van der Waals surface area (Å²) >= 11 is 5.16. The van der Waals surface area contributed by atoms with Crippen LogP contribution in [0.2, 0.25) is 0 Å². The molecule has 0 aliphatic rings. The van der Waals surface area contributed by atoms with Crippen LogP contribution in [0.3, 0.4) is 0 Å². The average molecular weight is 366 g/mol. The fourth-order valence-electron chi connectivity index (χ4n) is 1.07. The quantitative estimate of drug-likeness (QED) is 0.517.